The Labute approximate surface area is 170 Å². The number of carbonyl (C=O) groups excluding carboxylic acids is 1. The van der Waals surface area contributed by atoms with Crippen molar-refractivity contribution in [1.82, 2.24) is 15.1 Å². The Morgan fingerprint density at radius 1 is 1.36 bits per heavy atom. The lowest BCUT2D eigenvalue weighted by Gasteiger charge is -2.22. The third kappa shape index (κ3) is 4.64. The van der Waals surface area contributed by atoms with Gasteiger partial charge in [0.05, 0.1) is 29.3 Å². The van der Waals surface area contributed by atoms with Crippen molar-refractivity contribution in [2.45, 2.75) is 39.3 Å². The van der Waals surface area contributed by atoms with Crippen LogP contribution in [0.1, 0.15) is 35.9 Å². The van der Waals surface area contributed by atoms with Crippen LogP contribution in [-0.2, 0) is 21.2 Å². The van der Waals surface area contributed by atoms with Crippen LogP contribution in [0.5, 0.6) is 0 Å². The van der Waals surface area contributed by atoms with Crippen LogP contribution in [0.25, 0.3) is 6.08 Å². The third-order valence-electron chi connectivity index (χ3n) is 5.05. The maximum atomic E-state index is 12.3. The maximum absolute atomic E-state index is 12.3. The number of amides is 1. The van der Waals surface area contributed by atoms with Gasteiger partial charge in [0, 0.05) is 22.4 Å². The fourth-order valence-corrected chi connectivity index (χ4v) is 5.79. The summed E-state index contributed by atoms with van der Waals surface area (Å²) in [4.78, 5) is 12.3. The highest BCUT2D eigenvalue weighted by Gasteiger charge is 2.39. The monoisotopic (exact) mass is 421 g/mol. The molecule has 1 unspecified atom stereocenters. The number of hydrogen-bond donors (Lipinski definition) is 1. The Morgan fingerprint density at radius 3 is 2.71 bits per heavy atom. The summed E-state index contributed by atoms with van der Waals surface area (Å²) in [5, 5.41) is 8.07. The predicted molar refractivity (Wildman–Crippen MR) is 111 cm³/mol. The quantitative estimate of drug-likeness (QED) is 0.752. The first-order valence-electron chi connectivity index (χ1n) is 9.07. The van der Waals surface area contributed by atoms with E-state index in [1.54, 1.807) is 13.0 Å². The van der Waals surface area contributed by atoms with E-state index in [1.807, 2.05) is 42.8 Å². The molecule has 0 radical (unpaired) electrons. The van der Waals surface area contributed by atoms with Gasteiger partial charge in [0.2, 0.25) is 5.91 Å². The molecule has 1 aliphatic rings. The molecular formula is C20H24ClN3O3S. The highest BCUT2D eigenvalue weighted by Crippen LogP contribution is 2.23. The molecule has 1 atom stereocenters. The molecule has 28 heavy (non-hydrogen) atoms. The molecule has 0 saturated carbocycles. The van der Waals surface area contributed by atoms with Gasteiger partial charge in [0.1, 0.15) is 0 Å². The molecule has 2 heterocycles. The smallest absolute Gasteiger partial charge is 0.244 e. The molecule has 6 nitrogen and oxygen atoms in total. The van der Waals surface area contributed by atoms with Crippen LogP contribution in [0.3, 0.4) is 0 Å². The Balaban J connectivity index is 1.73. The van der Waals surface area contributed by atoms with Gasteiger partial charge in [0.25, 0.3) is 0 Å². The van der Waals surface area contributed by atoms with Crippen molar-refractivity contribution in [2.75, 3.05) is 11.5 Å². The van der Waals surface area contributed by atoms with Crippen LogP contribution in [0.2, 0.25) is 5.02 Å². The largest absolute Gasteiger partial charge is 0.346 e. The van der Waals surface area contributed by atoms with Crippen LogP contribution in [-0.4, -0.2) is 41.2 Å². The minimum absolute atomic E-state index is 0.0204. The van der Waals surface area contributed by atoms with E-state index in [0.29, 0.717) is 18.0 Å². The number of aromatic nitrogens is 2. The van der Waals surface area contributed by atoms with Gasteiger partial charge >= 0.3 is 0 Å². The summed E-state index contributed by atoms with van der Waals surface area (Å²) in [6, 6.07) is 7.62. The van der Waals surface area contributed by atoms with Crippen LogP contribution in [0.4, 0.5) is 0 Å². The average Bonchev–Trinajstić information content (AvgIpc) is 3.03. The van der Waals surface area contributed by atoms with Crippen molar-refractivity contribution in [3.8, 4) is 0 Å². The van der Waals surface area contributed by atoms with E-state index >= 15 is 0 Å². The summed E-state index contributed by atoms with van der Waals surface area (Å²) in [5.41, 5.74) is 2.86. The average molecular weight is 422 g/mol. The zero-order valence-corrected chi connectivity index (χ0v) is 17.8. The first-order chi connectivity index (χ1) is 13.1. The number of rotatable bonds is 5. The van der Waals surface area contributed by atoms with E-state index in [2.05, 4.69) is 10.4 Å². The maximum Gasteiger partial charge on any atom is 0.244 e. The van der Waals surface area contributed by atoms with Crippen molar-refractivity contribution < 1.29 is 13.2 Å². The second-order valence-electron chi connectivity index (χ2n) is 7.56. The molecule has 0 aliphatic carbocycles. The molecule has 0 spiro atoms. The molecule has 8 heteroatoms. The highest BCUT2D eigenvalue weighted by atomic mass is 35.5. The number of nitrogens with zero attached hydrogens (tertiary/aromatic N) is 2. The van der Waals surface area contributed by atoms with Crippen molar-refractivity contribution in [3.63, 3.8) is 0 Å². The minimum atomic E-state index is -3.07. The Bertz CT molecular complexity index is 1040. The highest BCUT2D eigenvalue weighted by molar-refractivity contribution is 7.91. The third-order valence-corrected chi connectivity index (χ3v) is 7.32. The lowest BCUT2D eigenvalue weighted by molar-refractivity contribution is -0.117. The van der Waals surface area contributed by atoms with Crippen LogP contribution in [0.15, 0.2) is 30.3 Å². The number of benzene rings is 1. The molecule has 150 valence electrons. The van der Waals surface area contributed by atoms with E-state index < -0.39 is 15.4 Å². The summed E-state index contributed by atoms with van der Waals surface area (Å²) in [5.74, 6) is -0.217. The first-order valence-corrected chi connectivity index (χ1v) is 11.3. The molecule has 2 aromatic rings. The van der Waals surface area contributed by atoms with Gasteiger partial charge in [-0.3, -0.25) is 9.48 Å². The number of sulfone groups is 1. The fourth-order valence-electron chi connectivity index (χ4n) is 3.50. The number of aryl methyl sites for hydroxylation is 1. The molecule has 1 amide bonds. The topological polar surface area (TPSA) is 81.1 Å². The Morgan fingerprint density at radius 2 is 2.07 bits per heavy atom. The normalized spacial score (nSPS) is 21.3. The van der Waals surface area contributed by atoms with Crippen molar-refractivity contribution in [1.29, 1.82) is 0 Å². The van der Waals surface area contributed by atoms with E-state index in [0.717, 1.165) is 22.5 Å². The van der Waals surface area contributed by atoms with Crippen molar-refractivity contribution in [3.05, 3.63) is 57.9 Å². The van der Waals surface area contributed by atoms with Gasteiger partial charge < -0.3 is 5.32 Å². The van der Waals surface area contributed by atoms with Gasteiger partial charge in [0.15, 0.2) is 9.84 Å². The Kier molecular flexibility index (Phi) is 5.68. The summed E-state index contributed by atoms with van der Waals surface area (Å²) in [6.07, 6.45) is 3.60. The molecule has 0 bridgehead atoms. The molecule has 1 saturated heterocycles. The van der Waals surface area contributed by atoms with Crippen LogP contribution >= 0.6 is 11.6 Å². The lowest BCUT2D eigenvalue weighted by atomic mass is 10.0. The molecule has 1 aromatic heterocycles. The molecule has 3 rings (SSSR count). The lowest BCUT2D eigenvalue weighted by Crippen LogP contribution is -2.46. The predicted octanol–water partition coefficient (Wildman–Crippen LogP) is 2.91. The van der Waals surface area contributed by atoms with E-state index in [-0.39, 0.29) is 17.4 Å². The van der Waals surface area contributed by atoms with E-state index in [9.17, 15) is 13.2 Å². The summed E-state index contributed by atoms with van der Waals surface area (Å²) >= 11 is 6.24. The van der Waals surface area contributed by atoms with Crippen molar-refractivity contribution >= 4 is 33.4 Å². The second-order valence-corrected chi connectivity index (χ2v) is 10.2. The SMILES string of the molecule is Cc1nn(Cc2ccccc2Cl)c(C)c1/C=C/C(=O)NC1(C)CCS(=O)(=O)C1. The van der Waals surface area contributed by atoms with E-state index in [1.165, 1.54) is 6.08 Å². The number of halogens is 1. The standard InChI is InChI=1S/C20H24ClN3O3S/c1-14-17(8-9-19(25)22-20(3)10-11-28(26,27)13-20)15(2)24(23-14)12-16-6-4-5-7-18(16)21/h4-9H,10-13H2,1-3H3,(H,22,25)/b9-8+. The molecular weight excluding hydrogens is 398 g/mol. The first kappa shape index (κ1) is 20.6. The Hall–Kier alpha value is -2.12. The minimum Gasteiger partial charge on any atom is -0.346 e. The van der Waals surface area contributed by atoms with Gasteiger partial charge in [-0.1, -0.05) is 29.8 Å². The molecule has 1 N–H and O–H groups in total. The van der Waals surface area contributed by atoms with Gasteiger partial charge in [-0.05, 0) is 44.9 Å². The van der Waals surface area contributed by atoms with Gasteiger partial charge in [-0.25, -0.2) is 8.42 Å². The zero-order chi connectivity index (χ0) is 20.5. The molecule has 1 aromatic carbocycles. The summed E-state index contributed by atoms with van der Waals surface area (Å²) < 4.78 is 25.2. The number of carbonyl (C=O) groups is 1. The molecule has 1 aliphatic heterocycles. The summed E-state index contributed by atoms with van der Waals surface area (Å²) in [6.45, 7) is 6.14. The summed E-state index contributed by atoms with van der Waals surface area (Å²) in [7, 11) is -3.07. The van der Waals surface area contributed by atoms with E-state index in [4.69, 9.17) is 11.6 Å². The van der Waals surface area contributed by atoms with Crippen LogP contribution < -0.4 is 5.32 Å². The van der Waals surface area contributed by atoms with Gasteiger partial charge in [-0.15, -0.1) is 0 Å². The second kappa shape index (κ2) is 7.72. The van der Waals surface area contributed by atoms with Gasteiger partial charge in [-0.2, -0.15) is 5.10 Å². The number of nitrogens with one attached hydrogen (secondary N) is 1. The fraction of sp³-hybridized carbons (Fsp3) is 0.400. The van der Waals surface area contributed by atoms with Crippen LogP contribution in [0, 0.1) is 13.8 Å². The molecule has 1 fully saturated rings. The van der Waals surface area contributed by atoms with Crippen molar-refractivity contribution in [2.24, 2.45) is 0 Å². The number of hydrogen-bond acceptors (Lipinski definition) is 4. The zero-order valence-electron chi connectivity index (χ0n) is 16.2.